The van der Waals surface area contributed by atoms with Crippen molar-refractivity contribution in [2.24, 2.45) is 11.8 Å². The maximum atomic E-state index is 14.3. The molecule has 0 N–H and O–H groups in total. The molecule has 3 rings (SSSR count). The second kappa shape index (κ2) is 17.9. The molecule has 2 aromatic carbocycles. The number of hydrogen-bond donors (Lipinski definition) is 0. The fourth-order valence-corrected chi connectivity index (χ4v) is 5.64. The first kappa shape index (κ1) is 31.0. The normalized spacial score (nSPS) is 17.1. The molecule has 0 amide bonds. The van der Waals surface area contributed by atoms with Gasteiger partial charge in [0.1, 0.15) is 11.5 Å². The fraction of sp³-hybridized carbons (Fsp3) is 0.618. The van der Waals surface area contributed by atoms with Crippen LogP contribution in [0.25, 0.3) is 0 Å². The molecule has 5 heteroatoms. The van der Waals surface area contributed by atoms with E-state index in [9.17, 15) is 9.18 Å². The number of rotatable bonds is 18. The smallest absolute Gasteiger partial charge is 0.343 e. The van der Waals surface area contributed by atoms with Crippen molar-refractivity contribution < 1.29 is 23.4 Å². The average Bonchev–Trinajstić information content (AvgIpc) is 2.95. The summed E-state index contributed by atoms with van der Waals surface area (Å²) in [5.41, 5.74) is 0.149. The molecule has 0 bridgehead atoms. The summed E-state index contributed by atoms with van der Waals surface area (Å²) in [5.74, 6) is 1.91. The predicted molar refractivity (Wildman–Crippen MR) is 156 cm³/mol. The van der Waals surface area contributed by atoms with E-state index in [-0.39, 0.29) is 11.3 Å². The number of benzene rings is 2. The minimum Gasteiger partial charge on any atom is -0.494 e. The summed E-state index contributed by atoms with van der Waals surface area (Å²) >= 11 is 0. The topological polar surface area (TPSA) is 44.8 Å². The van der Waals surface area contributed by atoms with Gasteiger partial charge in [0.2, 0.25) is 0 Å². The first-order valence-corrected chi connectivity index (χ1v) is 15.5. The maximum Gasteiger partial charge on any atom is 0.343 e. The van der Waals surface area contributed by atoms with Gasteiger partial charge in [-0.25, -0.2) is 9.18 Å². The van der Waals surface area contributed by atoms with Crippen molar-refractivity contribution in [3.63, 3.8) is 0 Å². The number of hydrogen-bond acceptors (Lipinski definition) is 4. The van der Waals surface area contributed by atoms with Gasteiger partial charge in [0.05, 0.1) is 18.8 Å². The van der Waals surface area contributed by atoms with E-state index in [1.165, 1.54) is 82.8 Å². The number of carbonyl (C=O) groups is 1. The number of esters is 1. The van der Waals surface area contributed by atoms with Crippen LogP contribution in [0, 0.1) is 17.7 Å². The van der Waals surface area contributed by atoms with Crippen LogP contribution >= 0.6 is 0 Å². The number of unbranched alkanes of at least 4 members (excludes halogenated alkanes) is 6. The second-order valence-corrected chi connectivity index (χ2v) is 11.1. The molecule has 1 fully saturated rings. The lowest BCUT2D eigenvalue weighted by Crippen LogP contribution is -2.20. The summed E-state index contributed by atoms with van der Waals surface area (Å²) < 4.78 is 31.2. The van der Waals surface area contributed by atoms with Gasteiger partial charge in [0.15, 0.2) is 11.6 Å². The van der Waals surface area contributed by atoms with E-state index in [0.717, 1.165) is 49.3 Å². The van der Waals surface area contributed by atoms with Crippen LogP contribution in [0.2, 0.25) is 0 Å². The Balaban J connectivity index is 1.37. The third-order valence-electron chi connectivity index (χ3n) is 7.94. The second-order valence-electron chi connectivity index (χ2n) is 11.1. The van der Waals surface area contributed by atoms with E-state index in [0.29, 0.717) is 19.0 Å². The lowest BCUT2D eigenvalue weighted by Gasteiger charge is -2.31. The Morgan fingerprint density at radius 2 is 1.36 bits per heavy atom. The van der Waals surface area contributed by atoms with E-state index in [4.69, 9.17) is 14.2 Å². The molecule has 2 aromatic rings. The molecule has 2 atom stereocenters. The standard InChI is InChI=1S/C34H49FO4/c1-3-5-7-8-9-14-27-15-10-11-16-28(27)17-13-25-37-30-19-21-31(22-20-30)39-34(36)29-18-23-33(32(35)26-29)38-24-12-6-4-2/h18-23,26-28H,3-17,24-25H2,1-2H3. The highest BCUT2D eigenvalue weighted by Gasteiger charge is 2.24. The first-order valence-electron chi connectivity index (χ1n) is 15.5. The quantitative estimate of drug-likeness (QED) is 0.107. The fourth-order valence-electron chi connectivity index (χ4n) is 5.64. The van der Waals surface area contributed by atoms with Crippen molar-refractivity contribution in [1.82, 2.24) is 0 Å². The zero-order chi connectivity index (χ0) is 27.7. The maximum absolute atomic E-state index is 14.3. The molecule has 0 aromatic heterocycles. The molecule has 0 aliphatic heterocycles. The molecule has 1 saturated carbocycles. The first-order chi connectivity index (χ1) is 19.1. The van der Waals surface area contributed by atoms with Crippen LogP contribution in [0.3, 0.4) is 0 Å². The van der Waals surface area contributed by atoms with Crippen LogP contribution in [-0.2, 0) is 0 Å². The molecule has 4 nitrogen and oxygen atoms in total. The van der Waals surface area contributed by atoms with E-state index >= 15 is 0 Å². The monoisotopic (exact) mass is 540 g/mol. The Morgan fingerprint density at radius 1 is 0.744 bits per heavy atom. The van der Waals surface area contributed by atoms with Gasteiger partial charge in [-0.15, -0.1) is 0 Å². The van der Waals surface area contributed by atoms with Crippen molar-refractivity contribution >= 4 is 5.97 Å². The zero-order valence-corrected chi connectivity index (χ0v) is 24.2. The summed E-state index contributed by atoms with van der Waals surface area (Å²) in [5, 5.41) is 0. The lowest BCUT2D eigenvalue weighted by atomic mass is 9.74. The highest BCUT2D eigenvalue weighted by atomic mass is 19.1. The Hall–Kier alpha value is -2.56. The van der Waals surface area contributed by atoms with E-state index < -0.39 is 11.8 Å². The Morgan fingerprint density at radius 3 is 2.05 bits per heavy atom. The summed E-state index contributed by atoms with van der Waals surface area (Å²) in [6.45, 7) is 5.54. The summed E-state index contributed by atoms with van der Waals surface area (Å²) in [6, 6.07) is 11.2. The molecule has 0 radical (unpaired) electrons. The van der Waals surface area contributed by atoms with Gasteiger partial charge < -0.3 is 14.2 Å². The molecule has 1 aliphatic rings. The van der Waals surface area contributed by atoms with E-state index in [1.54, 1.807) is 12.1 Å². The Labute approximate surface area is 235 Å². The van der Waals surface area contributed by atoms with Crippen molar-refractivity contribution in [1.29, 1.82) is 0 Å². The molecule has 2 unspecified atom stereocenters. The SMILES string of the molecule is CCCCCCCC1CCCCC1CCCOc1ccc(OC(=O)c2ccc(OCCCCC)c(F)c2)cc1. The number of carbonyl (C=O) groups excluding carboxylic acids is 1. The van der Waals surface area contributed by atoms with Gasteiger partial charge in [-0.2, -0.15) is 0 Å². The van der Waals surface area contributed by atoms with Crippen molar-refractivity contribution in [3.05, 3.63) is 53.8 Å². The van der Waals surface area contributed by atoms with Crippen LogP contribution in [0.1, 0.15) is 121 Å². The van der Waals surface area contributed by atoms with Gasteiger partial charge in [0, 0.05) is 0 Å². The van der Waals surface area contributed by atoms with Crippen LogP contribution in [0.5, 0.6) is 17.2 Å². The molecule has 1 aliphatic carbocycles. The molecule has 39 heavy (non-hydrogen) atoms. The van der Waals surface area contributed by atoms with E-state index in [2.05, 4.69) is 13.8 Å². The molecule has 216 valence electrons. The highest BCUT2D eigenvalue weighted by molar-refractivity contribution is 5.91. The molecule has 0 spiro atoms. The minimum atomic E-state index is -0.604. The van der Waals surface area contributed by atoms with Gasteiger partial charge in [0.25, 0.3) is 0 Å². The van der Waals surface area contributed by atoms with E-state index in [1.807, 2.05) is 12.1 Å². The molecule has 0 heterocycles. The minimum absolute atomic E-state index is 0.149. The number of halogens is 1. The summed E-state index contributed by atoms with van der Waals surface area (Å²) in [6.07, 6.45) is 19.1. The summed E-state index contributed by atoms with van der Waals surface area (Å²) in [7, 11) is 0. The predicted octanol–water partition coefficient (Wildman–Crippen LogP) is 9.94. The van der Waals surface area contributed by atoms with Crippen LogP contribution in [0.4, 0.5) is 4.39 Å². The van der Waals surface area contributed by atoms with Crippen molar-refractivity contribution in [2.75, 3.05) is 13.2 Å². The zero-order valence-electron chi connectivity index (χ0n) is 24.2. The molecule has 0 saturated heterocycles. The summed E-state index contributed by atoms with van der Waals surface area (Å²) in [4.78, 5) is 12.5. The highest BCUT2D eigenvalue weighted by Crippen LogP contribution is 2.36. The van der Waals surface area contributed by atoms with Gasteiger partial charge >= 0.3 is 5.97 Å². The van der Waals surface area contributed by atoms with Crippen LogP contribution < -0.4 is 14.2 Å². The van der Waals surface area contributed by atoms with Crippen molar-refractivity contribution in [2.45, 2.75) is 110 Å². The Bertz CT molecular complexity index is 958. The lowest BCUT2D eigenvalue weighted by molar-refractivity contribution is 0.0734. The van der Waals surface area contributed by atoms with Gasteiger partial charge in [-0.1, -0.05) is 90.9 Å². The molecular weight excluding hydrogens is 491 g/mol. The average molecular weight is 541 g/mol. The largest absolute Gasteiger partial charge is 0.494 e. The van der Waals surface area contributed by atoms with Gasteiger partial charge in [-0.3, -0.25) is 0 Å². The van der Waals surface area contributed by atoms with Crippen LogP contribution in [0.15, 0.2) is 42.5 Å². The van der Waals surface area contributed by atoms with Gasteiger partial charge in [-0.05, 0) is 73.6 Å². The number of ether oxygens (including phenoxy) is 3. The molecular formula is C34H49FO4. The Kier molecular flexibility index (Phi) is 14.2. The third-order valence-corrected chi connectivity index (χ3v) is 7.94. The third kappa shape index (κ3) is 11.2. The van der Waals surface area contributed by atoms with Crippen LogP contribution in [-0.4, -0.2) is 19.2 Å². The van der Waals surface area contributed by atoms with Crippen molar-refractivity contribution in [3.8, 4) is 17.2 Å².